The van der Waals surface area contributed by atoms with Crippen LogP contribution < -0.4 is 10.6 Å². The molecule has 5 heteroatoms. The molecule has 0 aliphatic heterocycles. The predicted octanol–water partition coefficient (Wildman–Crippen LogP) is 3.78. The van der Waals surface area contributed by atoms with Crippen molar-refractivity contribution in [1.82, 2.24) is 4.98 Å². The molecule has 0 spiro atoms. The molecule has 2 N–H and O–H groups in total. The first-order valence-corrected chi connectivity index (χ1v) is 7.27. The average molecular weight is 338 g/mol. The largest absolute Gasteiger partial charge is 0.330 e. The van der Waals surface area contributed by atoms with Crippen LogP contribution in [0.5, 0.6) is 0 Å². The molecule has 0 atom stereocenters. The van der Waals surface area contributed by atoms with E-state index in [1.807, 2.05) is 24.0 Å². The zero-order chi connectivity index (χ0) is 14.5. The van der Waals surface area contributed by atoms with Gasteiger partial charge < -0.3 is 10.6 Å². The van der Waals surface area contributed by atoms with Crippen molar-refractivity contribution in [3.63, 3.8) is 0 Å². The normalized spacial score (nSPS) is 10.6. The van der Waals surface area contributed by atoms with E-state index < -0.39 is 0 Å². The van der Waals surface area contributed by atoms with Crippen LogP contribution in [0, 0.1) is 12.7 Å². The van der Waals surface area contributed by atoms with Crippen LogP contribution in [0.2, 0.25) is 0 Å². The van der Waals surface area contributed by atoms with Crippen molar-refractivity contribution >= 4 is 27.4 Å². The van der Waals surface area contributed by atoms with Crippen LogP contribution in [0.1, 0.15) is 12.0 Å². The molecule has 0 amide bonds. The van der Waals surface area contributed by atoms with Crippen molar-refractivity contribution in [2.75, 3.05) is 18.0 Å². The Kier molecular flexibility index (Phi) is 5.09. The summed E-state index contributed by atoms with van der Waals surface area (Å²) in [5.74, 6) is 0.521. The zero-order valence-corrected chi connectivity index (χ0v) is 12.9. The lowest BCUT2D eigenvalue weighted by Crippen LogP contribution is -2.22. The number of nitrogens with two attached hydrogens (primary N) is 1. The van der Waals surface area contributed by atoms with Crippen LogP contribution in [-0.2, 0) is 0 Å². The van der Waals surface area contributed by atoms with Crippen molar-refractivity contribution < 1.29 is 4.39 Å². The fraction of sp³-hybridized carbons (Fsp3) is 0.267. The quantitative estimate of drug-likeness (QED) is 0.902. The van der Waals surface area contributed by atoms with Crippen molar-refractivity contribution in [3.8, 4) is 0 Å². The molecule has 0 unspecified atom stereocenters. The lowest BCUT2D eigenvalue weighted by molar-refractivity contribution is 0.627. The predicted molar refractivity (Wildman–Crippen MR) is 83.8 cm³/mol. The minimum atomic E-state index is -0.260. The summed E-state index contributed by atoms with van der Waals surface area (Å²) in [4.78, 5) is 6.39. The Bertz CT molecular complexity index is 589. The van der Waals surface area contributed by atoms with E-state index in [0.29, 0.717) is 13.1 Å². The van der Waals surface area contributed by atoms with Gasteiger partial charge in [0.2, 0.25) is 0 Å². The third kappa shape index (κ3) is 3.35. The van der Waals surface area contributed by atoms with Gasteiger partial charge in [0.25, 0.3) is 0 Å². The van der Waals surface area contributed by atoms with Gasteiger partial charge in [-0.1, -0.05) is 6.07 Å². The summed E-state index contributed by atoms with van der Waals surface area (Å²) in [5.41, 5.74) is 7.46. The van der Waals surface area contributed by atoms with Gasteiger partial charge in [-0.2, -0.15) is 0 Å². The lowest BCUT2D eigenvalue weighted by Gasteiger charge is -2.25. The second-order valence-electron chi connectivity index (χ2n) is 4.54. The van der Waals surface area contributed by atoms with Gasteiger partial charge in [-0.05, 0) is 65.6 Å². The minimum absolute atomic E-state index is 0.260. The molecule has 1 aromatic heterocycles. The smallest absolute Gasteiger partial charge is 0.147 e. The second-order valence-corrected chi connectivity index (χ2v) is 5.33. The number of anilines is 2. The maximum absolute atomic E-state index is 13.5. The third-order valence-corrected chi connectivity index (χ3v) is 4.01. The summed E-state index contributed by atoms with van der Waals surface area (Å²) in [6.07, 6.45) is 2.56. The van der Waals surface area contributed by atoms with E-state index in [-0.39, 0.29) is 5.82 Å². The number of aromatic nitrogens is 1. The molecule has 0 saturated carbocycles. The highest BCUT2D eigenvalue weighted by Crippen LogP contribution is 2.32. The summed E-state index contributed by atoms with van der Waals surface area (Å²) < 4.78 is 14.4. The number of rotatable bonds is 5. The van der Waals surface area contributed by atoms with Crippen LogP contribution in [0.4, 0.5) is 15.9 Å². The number of benzene rings is 1. The molecule has 2 rings (SSSR count). The van der Waals surface area contributed by atoms with Crippen LogP contribution >= 0.6 is 15.9 Å². The molecule has 0 bridgehead atoms. The van der Waals surface area contributed by atoms with Gasteiger partial charge in [0.05, 0.1) is 4.47 Å². The SMILES string of the molecule is Cc1ccnc(N(CCCN)c2cccc(F)c2)c1Br. The number of nitrogens with zero attached hydrogens (tertiary/aromatic N) is 2. The van der Waals surface area contributed by atoms with Gasteiger partial charge in [0.15, 0.2) is 0 Å². The van der Waals surface area contributed by atoms with Gasteiger partial charge in [0, 0.05) is 18.4 Å². The Balaban J connectivity index is 2.44. The molecular formula is C15H17BrFN3. The van der Waals surface area contributed by atoms with Crippen LogP contribution in [-0.4, -0.2) is 18.1 Å². The zero-order valence-electron chi connectivity index (χ0n) is 11.3. The summed E-state index contributed by atoms with van der Waals surface area (Å²) >= 11 is 3.56. The molecule has 0 fully saturated rings. The maximum atomic E-state index is 13.5. The number of hydrogen-bond acceptors (Lipinski definition) is 3. The third-order valence-electron chi connectivity index (χ3n) is 3.03. The van der Waals surface area contributed by atoms with Crippen molar-refractivity contribution in [1.29, 1.82) is 0 Å². The minimum Gasteiger partial charge on any atom is -0.330 e. The molecular weight excluding hydrogens is 321 g/mol. The van der Waals surface area contributed by atoms with E-state index in [9.17, 15) is 4.39 Å². The Labute approximate surface area is 126 Å². The number of halogens is 2. The van der Waals surface area contributed by atoms with Crippen LogP contribution in [0.25, 0.3) is 0 Å². The molecule has 0 aliphatic rings. The van der Waals surface area contributed by atoms with Gasteiger partial charge in [-0.25, -0.2) is 9.37 Å². The van der Waals surface area contributed by atoms with Crippen molar-refractivity contribution in [2.24, 2.45) is 5.73 Å². The van der Waals surface area contributed by atoms with Crippen LogP contribution in [0.15, 0.2) is 41.0 Å². The Hall–Kier alpha value is -1.46. The van der Waals surface area contributed by atoms with E-state index in [1.54, 1.807) is 12.3 Å². The molecule has 1 aromatic carbocycles. The fourth-order valence-corrected chi connectivity index (χ4v) is 2.41. The van der Waals surface area contributed by atoms with Crippen molar-refractivity contribution in [3.05, 3.63) is 52.4 Å². The van der Waals surface area contributed by atoms with Gasteiger partial charge in [-0.15, -0.1) is 0 Å². The van der Waals surface area contributed by atoms with E-state index in [1.165, 1.54) is 12.1 Å². The Morgan fingerprint density at radius 2 is 2.15 bits per heavy atom. The first kappa shape index (κ1) is 14.9. The van der Waals surface area contributed by atoms with E-state index in [0.717, 1.165) is 28.0 Å². The topological polar surface area (TPSA) is 42.2 Å². The standard InChI is InChI=1S/C15H17BrFN3/c1-11-6-8-19-15(14(11)16)20(9-3-7-18)13-5-2-4-12(17)10-13/h2,4-6,8,10H,3,7,9,18H2,1H3. The highest BCUT2D eigenvalue weighted by molar-refractivity contribution is 9.10. The van der Waals surface area contributed by atoms with Gasteiger partial charge in [-0.3, -0.25) is 0 Å². The summed E-state index contributed by atoms with van der Waals surface area (Å²) in [5, 5.41) is 0. The molecule has 0 aliphatic carbocycles. The highest BCUT2D eigenvalue weighted by atomic mass is 79.9. The molecule has 2 aromatic rings. The maximum Gasteiger partial charge on any atom is 0.147 e. The first-order chi connectivity index (χ1) is 9.63. The second kappa shape index (κ2) is 6.81. The Morgan fingerprint density at radius 1 is 1.35 bits per heavy atom. The summed E-state index contributed by atoms with van der Waals surface area (Å²) in [7, 11) is 0. The van der Waals surface area contributed by atoms with Crippen LogP contribution in [0.3, 0.4) is 0 Å². The fourth-order valence-electron chi connectivity index (χ4n) is 1.96. The average Bonchev–Trinajstić information content (AvgIpc) is 2.44. The number of hydrogen-bond donors (Lipinski definition) is 1. The first-order valence-electron chi connectivity index (χ1n) is 6.47. The molecule has 20 heavy (non-hydrogen) atoms. The van der Waals surface area contributed by atoms with E-state index in [4.69, 9.17) is 5.73 Å². The molecule has 3 nitrogen and oxygen atoms in total. The number of aryl methyl sites for hydroxylation is 1. The molecule has 1 heterocycles. The Morgan fingerprint density at radius 3 is 2.85 bits per heavy atom. The lowest BCUT2D eigenvalue weighted by atomic mass is 10.2. The van der Waals surface area contributed by atoms with Crippen molar-refractivity contribution in [2.45, 2.75) is 13.3 Å². The monoisotopic (exact) mass is 337 g/mol. The van der Waals surface area contributed by atoms with E-state index >= 15 is 0 Å². The summed E-state index contributed by atoms with van der Waals surface area (Å²) in [6, 6.07) is 8.44. The number of pyridine rings is 1. The van der Waals surface area contributed by atoms with Gasteiger partial charge >= 0.3 is 0 Å². The molecule has 0 saturated heterocycles. The highest BCUT2D eigenvalue weighted by Gasteiger charge is 2.15. The van der Waals surface area contributed by atoms with E-state index in [2.05, 4.69) is 20.9 Å². The summed E-state index contributed by atoms with van der Waals surface area (Å²) in [6.45, 7) is 3.27. The van der Waals surface area contributed by atoms with Gasteiger partial charge in [0.1, 0.15) is 11.6 Å². The molecule has 0 radical (unpaired) electrons. The molecule has 106 valence electrons.